The van der Waals surface area contributed by atoms with E-state index >= 15 is 0 Å². The Morgan fingerprint density at radius 2 is 0.927 bits per heavy atom. The molecular formula is C49H52N2O4. The fourth-order valence-electron chi connectivity index (χ4n) is 9.43. The molecular weight excluding hydrogens is 681 g/mol. The lowest BCUT2D eigenvalue weighted by Gasteiger charge is -2.33. The second-order valence-corrected chi connectivity index (χ2v) is 16.4. The maximum Gasteiger partial charge on any atom is 0.261 e. The van der Waals surface area contributed by atoms with Gasteiger partial charge in [-0.15, -0.1) is 0 Å². The lowest BCUT2D eigenvalue weighted by molar-refractivity contribution is 0.0565. The maximum absolute atomic E-state index is 14.7. The van der Waals surface area contributed by atoms with E-state index in [1.165, 1.54) is 15.4 Å². The minimum atomic E-state index is -0.243. The van der Waals surface area contributed by atoms with E-state index in [9.17, 15) is 19.2 Å². The predicted octanol–water partition coefficient (Wildman–Crippen LogP) is 12.2. The van der Waals surface area contributed by atoms with E-state index in [-0.39, 0.29) is 35.5 Å². The number of imide groups is 2. The number of unbranched alkanes of at least 4 members (excludes halogenated alkanes) is 2. The van der Waals surface area contributed by atoms with Gasteiger partial charge in [0.1, 0.15) is 0 Å². The van der Waals surface area contributed by atoms with Crippen LogP contribution in [0.5, 0.6) is 0 Å². The molecule has 0 radical (unpaired) electrons. The highest BCUT2D eigenvalue weighted by Gasteiger charge is 2.38. The van der Waals surface area contributed by atoms with Crippen LogP contribution in [0.15, 0.2) is 66.7 Å². The van der Waals surface area contributed by atoms with E-state index in [0.29, 0.717) is 52.0 Å². The summed E-state index contributed by atoms with van der Waals surface area (Å²) in [5.74, 6) is -0.110. The molecule has 0 saturated carbocycles. The van der Waals surface area contributed by atoms with Crippen LogP contribution < -0.4 is 0 Å². The Bertz CT molecular complexity index is 2490. The molecule has 6 aromatic carbocycles. The SMILES string of the molecule is CCCCC(CC)CN1C(=O)c2ccc3c4ccc5c6c(cc(-c7ccc(C(C)C)cc7)c(c7ccc(c2c37)C1=O)c64)C(=O)N(CC(CC)CCCC)C5=O. The number of rotatable bonds is 14. The van der Waals surface area contributed by atoms with E-state index in [4.69, 9.17) is 0 Å². The third-order valence-electron chi connectivity index (χ3n) is 12.8. The van der Waals surface area contributed by atoms with Crippen molar-refractivity contribution in [2.45, 2.75) is 98.8 Å². The number of benzene rings is 6. The van der Waals surface area contributed by atoms with Crippen LogP contribution in [0.3, 0.4) is 0 Å². The van der Waals surface area contributed by atoms with Crippen molar-refractivity contribution in [2.75, 3.05) is 13.1 Å². The fourth-order valence-corrected chi connectivity index (χ4v) is 9.43. The van der Waals surface area contributed by atoms with E-state index in [0.717, 1.165) is 94.8 Å². The lowest BCUT2D eigenvalue weighted by Crippen LogP contribution is -2.43. The maximum atomic E-state index is 14.7. The van der Waals surface area contributed by atoms with Crippen LogP contribution in [0, 0.1) is 11.8 Å². The molecule has 2 aliphatic heterocycles. The Labute approximate surface area is 324 Å². The average Bonchev–Trinajstić information content (AvgIpc) is 3.20. The third-order valence-corrected chi connectivity index (χ3v) is 12.8. The zero-order valence-electron chi connectivity index (χ0n) is 33.2. The number of carbonyl (C=O) groups excluding carboxylic acids is 4. The van der Waals surface area contributed by atoms with Gasteiger partial charge in [0.05, 0.1) is 0 Å². The highest BCUT2D eigenvalue weighted by Crippen LogP contribution is 2.49. The number of carbonyl (C=O) groups is 4. The topological polar surface area (TPSA) is 74.8 Å². The van der Waals surface area contributed by atoms with Crippen molar-refractivity contribution in [3.05, 3.63) is 94.5 Å². The van der Waals surface area contributed by atoms with Gasteiger partial charge in [0.2, 0.25) is 0 Å². The van der Waals surface area contributed by atoms with Crippen molar-refractivity contribution < 1.29 is 19.2 Å². The lowest BCUT2D eigenvalue weighted by atomic mass is 9.79. The van der Waals surface area contributed by atoms with Gasteiger partial charge in [-0.25, -0.2) is 0 Å². The molecule has 2 unspecified atom stereocenters. The van der Waals surface area contributed by atoms with Gasteiger partial charge in [-0.3, -0.25) is 29.0 Å². The van der Waals surface area contributed by atoms with E-state index in [2.05, 4.69) is 65.8 Å². The van der Waals surface area contributed by atoms with Crippen molar-refractivity contribution in [2.24, 2.45) is 11.8 Å². The first kappa shape index (κ1) is 36.9. The zero-order chi connectivity index (χ0) is 38.7. The first-order valence-electron chi connectivity index (χ1n) is 20.7. The molecule has 0 aliphatic carbocycles. The Hall–Kier alpha value is -5.10. The molecule has 8 rings (SSSR count). The van der Waals surface area contributed by atoms with E-state index in [1.807, 2.05) is 42.5 Å². The highest BCUT2D eigenvalue weighted by molar-refractivity contribution is 6.43. The summed E-state index contributed by atoms with van der Waals surface area (Å²) in [5, 5.41) is 6.79. The first-order valence-corrected chi connectivity index (χ1v) is 20.7. The molecule has 2 aliphatic rings. The second kappa shape index (κ2) is 14.5. The monoisotopic (exact) mass is 732 g/mol. The predicted molar refractivity (Wildman–Crippen MR) is 225 cm³/mol. The molecule has 0 saturated heterocycles. The number of nitrogens with zero attached hydrogens (tertiary/aromatic N) is 2. The molecule has 55 heavy (non-hydrogen) atoms. The molecule has 0 spiro atoms. The van der Waals surface area contributed by atoms with E-state index in [1.54, 1.807) is 0 Å². The molecule has 282 valence electrons. The summed E-state index contributed by atoms with van der Waals surface area (Å²) in [6.07, 6.45) is 8.04. The van der Waals surface area contributed by atoms with Crippen LogP contribution >= 0.6 is 0 Å². The Morgan fingerprint density at radius 3 is 1.40 bits per heavy atom. The third kappa shape index (κ3) is 5.82. The summed E-state index contributed by atoms with van der Waals surface area (Å²) in [4.78, 5) is 60.6. The fraction of sp³-hybridized carbons (Fsp3) is 0.388. The van der Waals surface area contributed by atoms with Crippen molar-refractivity contribution in [3.8, 4) is 11.1 Å². The smallest absolute Gasteiger partial charge is 0.261 e. The molecule has 4 amide bonds. The van der Waals surface area contributed by atoms with Gasteiger partial charge in [-0.1, -0.05) is 123 Å². The number of amides is 4. The number of hydrogen-bond acceptors (Lipinski definition) is 4. The van der Waals surface area contributed by atoms with Crippen LogP contribution in [0.4, 0.5) is 0 Å². The molecule has 6 aromatic rings. The van der Waals surface area contributed by atoms with Gasteiger partial charge in [0, 0.05) is 46.1 Å². The van der Waals surface area contributed by atoms with Crippen molar-refractivity contribution in [1.82, 2.24) is 9.80 Å². The molecule has 0 fully saturated rings. The van der Waals surface area contributed by atoms with Gasteiger partial charge in [0.25, 0.3) is 23.6 Å². The first-order chi connectivity index (χ1) is 26.6. The standard InChI is InChI=1S/C49H52N2O4/c1-7-11-13-29(9-3)26-50-46(52)36-22-19-33-34-20-23-38-44-40(49(55)51(48(38)54)27-30(10-4)14-12-8-2)25-39(32-17-15-31(16-18-32)28(5)6)42(45(34)44)35-21-24-37(47(50)53)43(36)41(33)35/h15-25,28-30H,7-14,26-27H2,1-6H3. The van der Waals surface area contributed by atoms with Gasteiger partial charge in [-0.2, -0.15) is 0 Å². The normalized spacial score (nSPS) is 15.5. The van der Waals surface area contributed by atoms with Crippen molar-refractivity contribution in [1.29, 1.82) is 0 Å². The largest absolute Gasteiger partial charge is 0.274 e. The Morgan fingerprint density at radius 1 is 0.473 bits per heavy atom. The van der Waals surface area contributed by atoms with Gasteiger partial charge in [-0.05, 0) is 104 Å². The van der Waals surface area contributed by atoms with Crippen molar-refractivity contribution in [3.63, 3.8) is 0 Å². The van der Waals surface area contributed by atoms with Crippen LogP contribution in [0.2, 0.25) is 0 Å². The quantitative estimate of drug-likeness (QED) is 0.0635. The van der Waals surface area contributed by atoms with Crippen LogP contribution in [0.25, 0.3) is 54.2 Å². The summed E-state index contributed by atoms with van der Waals surface area (Å²) in [6, 6.07) is 22.3. The Kier molecular flexibility index (Phi) is 9.73. The van der Waals surface area contributed by atoms with Gasteiger partial charge >= 0.3 is 0 Å². The summed E-state index contributed by atoms with van der Waals surface area (Å²) in [5.41, 5.74) is 5.29. The molecule has 0 bridgehead atoms. The Balaban J connectivity index is 1.39. The molecule has 2 atom stereocenters. The van der Waals surface area contributed by atoms with Crippen molar-refractivity contribution >= 4 is 66.7 Å². The summed E-state index contributed by atoms with van der Waals surface area (Å²) in [6.45, 7) is 13.8. The van der Waals surface area contributed by atoms with Gasteiger partial charge in [0.15, 0.2) is 0 Å². The average molecular weight is 733 g/mol. The highest BCUT2D eigenvalue weighted by atomic mass is 16.2. The summed E-state index contributed by atoms with van der Waals surface area (Å²) in [7, 11) is 0. The van der Waals surface area contributed by atoms with Crippen LogP contribution in [-0.2, 0) is 0 Å². The molecule has 6 nitrogen and oxygen atoms in total. The molecule has 0 aromatic heterocycles. The summed E-state index contributed by atoms with van der Waals surface area (Å²) >= 11 is 0. The number of fused-ring (bicyclic) bond motifs is 2. The molecule has 2 heterocycles. The number of hydrogen-bond donors (Lipinski definition) is 0. The minimum absolute atomic E-state index is 0.238. The zero-order valence-corrected chi connectivity index (χ0v) is 33.2. The van der Waals surface area contributed by atoms with Gasteiger partial charge < -0.3 is 0 Å². The van der Waals surface area contributed by atoms with Crippen LogP contribution in [-0.4, -0.2) is 46.5 Å². The van der Waals surface area contributed by atoms with E-state index < -0.39 is 0 Å². The second-order valence-electron chi connectivity index (χ2n) is 16.4. The van der Waals surface area contributed by atoms with Crippen LogP contribution in [0.1, 0.15) is 146 Å². The molecule has 6 heteroatoms. The minimum Gasteiger partial charge on any atom is -0.274 e. The summed E-state index contributed by atoms with van der Waals surface area (Å²) < 4.78 is 0. The molecule has 0 N–H and O–H groups in total.